The zero-order valence-corrected chi connectivity index (χ0v) is 12.9. The fourth-order valence-corrected chi connectivity index (χ4v) is 2.87. The van der Waals surface area contributed by atoms with E-state index in [2.05, 4.69) is 5.32 Å². The van der Waals surface area contributed by atoms with Crippen LogP contribution >= 0.6 is 34.8 Å². The first-order chi connectivity index (χ1) is 8.82. The molecule has 1 N–H and O–H groups in total. The minimum Gasteiger partial charge on any atom is -0.326 e. The van der Waals surface area contributed by atoms with Gasteiger partial charge in [0.1, 0.15) is 4.49 Å². The van der Waals surface area contributed by atoms with Crippen molar-refractivity contribution in [3.8, 4) is 0 Å². The van der Waals surface area contributed by atoms with Gasteiger partial charge in [-0.15, -0.1) is 0 Å². The summed E-state index contributed by atoms with van der Waals surface area (Å²) >= 11 is 17.2. The van der Waals surface area contributed by atoms with Crippen molar-refractivity contribution in [1.82, 2.24) is 0 Å². The Kier molecular flexibility index (Phi) is 4.14. The molecule has 0 bridgehead atoms. The number of amides is 1. The smallest absolute Gasteiger partial charge is 0.228 e. The zero-order valence-electron chi connectivity index (χ0n) is 10.6. The van der Waals surface area contributed by atoms with E-state index in [-0.39, 0.29) is 27.6 Å². The maximum absolute atomic E-state index is 12.2. The molecule has 2 rings (SSSR count). The van der Waals surface area contributed by atoms with Crippen molar-refractivity contribution in [3.05, 3.63) is 39.9 Å². The summed E-state index contributed by atoms with van der Waals surface area (Å²) < 4.78 is 0.205. The average molecular weight is 319 g/mol. The molecule has 1 saturated carbocycles. The Labute approximate surface area is 127 Å². The molecule has 5 heteroatoms. The topological polar surface area (TPSA) is 29.1 Å². The average Bonchev–Trinajstić information content (AvgIpc) is 2.79. The van der Waals surface area contributed by atoms with Crippen molar-refractivity contribution in [3.63, 3.8) is 0 Å². The summed E-state index contributed by atoms with van der Waals surface area (Å²) in [5.41, 5.74) is 0.567. The van der Waals surface area contributed by atoms with Gasteiger partial charge in [0.2, 0.25) is 5.91 Å². The first-order valence-corrected chi connectivity index (χ1v) is 7.05. The number of carbonyl (C=O) groups excluding carboxylic acids is 1. The van der Waals surface area contributed by atoms with Gasteiger partial charge >= 0.3 is 0 Å². The molecule has 0 radical (unpaired) electrons. The van der Waals surface area contributed by atoms with Crippen molar-refractivity contribution in [2.75, 3.05) is 5.32 Å². The van der Waals surface area contributed by atoms with Crippen LogP contribution in [-0.4, -0.2) is 5.91 Å². The lowest BCUT2D eigenvalue weighted by atomic mass is 10.1. The standard InChI is InChI=1S/C14H14Cl3NO/c1-14(2)10(7-11(16)17)12(14)13(19)18-9-5-3-4-8(15)6-9/h3-7,10,12H,1-2H3,(H,18,19)/t10-,12-/m0/s1. The van der Waals surface area contributed by atoms with Crippen LogP contribution < -0.4 is 5.32 Å². The molecule has 19 heavy (non-hydrogen) atoms. The molecule has 1 amide bonds. The van der Waals surface area contributed by atoms with E-state index in [4.69, 9.17) is 34.8 Å². The Bertz CT molecular complexity index is 535. The van der Waals surface area contributed by atoms with Gasteiger partial charge in [-0.1, -0.05) is 54.7 Å². The van der Waals surface area contributed by atoms with Gasteiger partial charge in [0.25, 0.3) is 0 Å². The van der Waals surface area contributed by atoms with E-state index >= 15 is 0 Å². The predicted octanol–water partition coefficient (Wildman–Crippen LogP) is 4.87. The van der Waals surface area contributed by atoms with Crippen molar-refractivity contribution >= 4 is 46.4 Å². The third-order valence-corrected chi connectivity index (χ3v) is 4.08. The molecule has 1 aliphatic rings. The van der Waals surface area contributed by atoms with Crippen molar-refractivity contribution in [2.45, 2.75) is 13.8 Å². The minimum atomic E-state index is -0.127. The zero-order chi connectivity index (χ0) is 14.2. The van der Waals surface area contributed by atoms with Gasteiger partial charge in [-0.05, 0) is 35.6 Å². The molecule has 2 nitrogen and oxygen atoms in total. The number of nitrogens with one attached hydrogen (secondary N) is 1. The molecule has 0 saturated heterocycles. The Hall–Kier alpha value is -0.700. The predicted molar refractivity (Wildman–Crippen MR) is 80.6 cm³/mol. The van der Waals surface area contributed by atoms with Gasteiger partial charge < -0.3 is 5.32 Å². The van der Waals surface area contributed by atoms with Crippen LogP contribution in [0, 0.1) is 17.3 Å². The van der Waals surface area contributed by atoms with Gasteiger partial charge in [-0.3, -0.25) is 4.79 Å². The quantitative estimate of drug-likeness (QED) is 0.846. The number of allylic oxidation sites excluding steroid dienone is 1. The Morgan fingerprint density at radius 2 is 2.05 bits per heavy atom. The normalized spacial score (nSPS) is 23.6. The molecule has 2 atom stereocenters. The molecule has 0 unspecified atom stereocenters. The van der Waals surface area contributed by atoms with E-state index in [1.54, 1.807) is 30.3 Å². The van der Waals surface area contributed by atoms with Crippen molar-refractivity contribution in [2.24, 2.45) is 17.3 Å². The van der Waals surface area contributed by atoms with Gasteiger partial charge in [0.15, 0.2) is 0 Å². The number of hydrogen-bond donors (Lipinski definition) is 1. The van der Waals surface area contributed by atoms with Crippen LogP contribution in [0.1, 0.15) is 13.8 Å². The second kappa shape index (κ2) is 5.35. The van der Waals surface area contributed by atoms with Crippen molar-refractivity contribution < 1.29 is 4.79 Å². The summed E-state index contributed by atoms with van der Waals surface area (Å²) in [7, 11) is 0. The largest absolute Gasteiger partial charge is 0.326 e. The van der Waals surface area contributed by atoms with Crippen LogP contribution in [0.3, 0.4) is 0 Å². The fourth-order valence-electron chi connectivity index (χ4n) is 2.41. The molecule has 0 aliphatic heterocycles. The summed E-state index contributed by atoms with van der Waals surface area (Å²) in [5, 5.41) is 3.46. The van der Waals surface area contributed by atoms with Crippen molar-refractivity contribution in [1.29, 1.82) is 0 Å². The van der Waals surface area contributed by atoms with E-state index in [9.17, 15) is 4.79 Å². The lowest BCUT2D eigenvalue weighted by Gasteiger charge is -2.06. The number of rotatable bonds is 3. The Morgan fingerprint density at radius 1 is 1.37 bits per heavy atom. The fraction of sp³-hybridized carbons (Fsp3) is 0.357. The highest BCUT2D eigenvalue weighted by molar-refractivity contribution is 6.55. The molecular weight excluding hydrogens is 305 g/mol. The number of benzene rings is 1. The van der Waals surface area contributed by atoms with Crippen LogP contribution in [0.5, 0.6) is 0 Å². The van der Waals surface area contributed by atoms with Gasteiger partial charge in [0, 0.05) is 10.7 Å². The molecule has 1 aromatic rings. The Balaban J connectivity index is 2.08. The van der Waals surface area contributed by atoms with Crippen LogP contribution in [0.4, 0.5) is 5.69 Å². The molecule has 102 valence electrons. The highest BCUT2D eigenvalue weighted by Gasteiger charge is 2.60. The molecule has 0 aromatic heterocycles. The first-order valence-electron chi connectivity index (χ1n) is 5.91. The van der Waals surface area contributed by atoms with E-state index in [0.717, 1.165) is 0 Å². The maximum atomic E-state index is 12.2. The molecular formula is C14H14Cl3NO. The number of carbonyl (C=O) groups is 1. The van der Waals surface area contributed by atoms with E-state index in [1.807, 2.05) is 13.8 Å². The SMILES string of the molecule is CC1(C)[C@H](C(=O)Nc2cccc(Cl)c2)[C@@H]1C=C(Cl)Cl. The lowest BCUT2D eigenvalue weighted by Crippen LogP contribution is -2.16. The summed E-state index contributed by atoms with van der Waals surface area (Å²) in [5.74, 6) is -0.0984. The van der Waals surface area contributed by atoms with Gasteiger partial charge in [0.05, 0.1) is 5.92 Å². The second-order valence-electron chi connectivity index (χ2n) is 5.28. The maximum Gasteiger partial charge on any atom is 0.228 e. The summed E-state index contributed by atoms with van der Waals surface area (Å²) in [6.07, 6.45) is 1.73. The first kappa shape index (κ1) is 14.7. The minimum absolute atomic E-state index is 0.0388. The molecule has 0 heterocycles. The Morgan fingerprint density at radius 3 is 2.63 bits per heavy atom. The molecule has 0 spiro atoms. The number of halogens is 3. The number of anilines is 1. The summed E-state index contributed by atoms with van der Waals surface area (Å²) in [6.45, 7) is 4.04. The second-order valence-corrected chi connectivity index (χ2v) is 6.73. The monoisotopic (exact) mass is 317 g/mol. The van der Waals surface area contributed by atoms with Crippen LogP contribution in [-0.2, 0) is 4.79 Å². The van der Waals surface area contributed by atoms with E-state index in [0.29, 0.717) is 10.7 Å². The number of hydrogen-bond acceptors (Lipinski definition) is 1. The van der Waals surface area contributed by atoms with E-state index in [1.165, 1.54) is 0 Å². The van der Waals surface area contributed by atoms with E-state index < -0.39 is 0 Å². The summed E-state index contributed by atoms with van der Waals surface area (Å²) in [6, 6.07) is 7.08. The molecule has 1 fully saturated rings. The molecule has 1 aromatic carbocycles. The summed E-state index contributed by atoms with van der Waals surface area (Å²) in [4.78, 5) is 12.2. The molecule has 1 aliphatic carbocycles. The van der Waals surface area contributed by atoms with Gasteiger partial charge in [-0.2, -0.15) is 0 Å². The van der Waals surface area contributed by atoms with Gasteiger partial charge in [-0.25, -0.2) is 0 Å². The van der Waals surface area contributed by atoms with Crippen LogP contribution in [0.25, 0.3) is 0 Å². The lowest BCUT2D eigenvalue weighted by molar-refractivity contribution is -0.118. The van der Waals surface area contributed by atoms with Crippen LogP contribution in [0.2, 0.25) is 5.02 Å². The van der Waals surface area contributed by atoms with Crippen LogP contribution in [0.15, 0.2) is 34.8 Å². The highest BCUT2D eigenvalue weighted by atomic mass is 35.5. The third-order valence-electron chi connectivity index (χ3n) is 3.59. The third kappa shape index (κ3) is 3.25. The highest BCUT2D eigenvalue weighted by Crippen LogP contribution is 2.60.